The standard InChI is InChI=1S/C17H15F5O3/c1-7-10(23)5-8-6-11(7)24-25-17(8,2)4-3-9-12(18)14(20)16(22)15(21)13(9)19/h3-4,7-8,11H,5-6H2,1-2H3/t7-,8+,11+,17+/m1/s1. The first-order chi connectivity index (χ1) is 11.7. The summed E-state index contributed by atoms with van der Waals surface area (Å²) in [5.41, 5.74) is -2.30. The molecule has 1 aromatic carbocycles. The number of carbonyl (C=O) groups excluding carboxylic acids is 1. The normalized spacial score (nSPS) is 32.4. The van der Waals surface area contributed by atoms with Crippen molar-refractivity contribution in [3.05, 3.63) is 40.7 Å². The summed E-state index contributed by atoms with van der Waals surface area (Å²) in [6.07, 6.45) is 2.18. The van der Waals surface area contributed by atoms with Crippen molar-refractivity contribution in [3.63, 3.8) is 0 Å². The number of halogens is 5. The maximum absolute atomic E-state index is 13.7. The average molecular weight is 362 g/mol. The van der Waals surface area contributed by atoms with E-state index >= 15 is 0 Å². The molecule has 1 aliphatic heterocycles. The molecule has 3 rings (SSSR count). The van der Waals surface area contributed by atoms with Crippen LogP contribution in [0.4, 0.5) is 22.0 Å². The Bertz CT molecular complexity index is 734. The van der Waals surface area contributed by atoms with E-state index in [1.807, 2.05) is 0 Å². The summed E-state index contributed by atoms with van der Waals surface area (Å²) in [5.74, 6) is -10.8. The van der Waals surface area contributed by atoms with Gasteiger partial charge >= 0.3 is 0 Å². The molecule has 136 valence electrons. The number of benzene rings is 1. The number of hydrogen-bond acceptors (Lipinski definition) is 3. The zero-order chi connectivity index (χ0) is 18.5. The first kappa shape index (κ1) is 18.0. The fourth-order valence-electron chi connectivity index (χ4n) is 3.18. The van der Waals surface area contributed by atoms with Crippen molar-refractivity contribution < 1.29 is 36.5 Å². The highest BCUT2D eigenvalue weighted by atomic mass is 19.2. The second-order valence-electron chi connectivity index (χ2n) is 6.61. The predicted molar refractivity (Wildman–Crippen MR) is 76.5 cm³/mol. The smallest absolute Gasteiger partial charge is 0.200 e. The van der Waals surface area contributed by atoms with Gasteiger partial charge in [-0.1, -0.05) is 6.92 Å². The van der Waals surface area contributed by atoms with Crippen LogP contribution in [-0.4, -0.2) is 17.5 Å². The quantitative estimate of drug-likeness (QED) is 0.344. The van der Waals surface area contributed by atoms with Crippen LogP contribution in [0.15, 0.2) is 6.08 Å². The van der Waals surface area contributed by atoms with E-state index in [0.717, 1.165) is 12.2 Å². The summed E-state index contributed by atoms with van der Waals surface area (Å²) in [5, 5.41) is 0. The largest absolute Gasteiger partial charge is 0.299 e. The van der Waals surface area contributed by atoms with Gasteiger partial charge in [-0.15, -0.1) is 0 Å². The first-order valence-corrected chi connectivity index (χ1v) is 7.73. The summed E-state index contributed by atoms with van der Waals surface area (Å²) in [7, 11) is 0. The molecule has 1 heterocycles. The van der Waals surface area contributed by atoms with Crippen molar-refractivity contribution in [3.8, 4) is 0 Å². The van der Waals surface area contributed by atoms with Crippen LogP contribution in [0.1, 0.15) is 32.3 Å². The Hall–Kier alpha value is -1.80. The van der Waals surface area contributed by atoms with Crippen LogP contribution >= 0.6 is 0 Å². The molecule has 0 N–H and O–H groups in total. The Morgan fingerprint density at radius 2 is 1.60 bits per heavy atom. The van der Waals surface area contributed by atoms with E-state index < -0.39 is 46.4 Å². The van der Waals surface area contributed by atoms with Crippen molar-refractivity contribution >= 4 is 11.9 Å². The fourth-order valence-corrected chi connectivity index (χ4v) is 3.18. The maximum atomic E-state index is 13.7. The zero-order valence-corrected chi connectivity index (χ0v) is 13.4. The van der Waals surface area contributed by atoms with Gasteiger partial charge in [-0.05, 0) is 25.5 Å². The van der Waals surface area contributed by atoms with E-state index in [0.29, 0.717) is 6.42 Å². The van der Waals surface area contributed by atoms with Crippen LogP contribution in [-0.2, 0) is 14.6 Å². The summed E-state index contributed by atoms with van der Waals surface area (Å²) in [6, 6.07) is 0. The summed E-state index contributed by atoms with van der Waals surface area (Å²) in [4.78, 5) is 22.5. The Kier molecular flexibility index (Phi) is 4.45. The number of rotatable bonds is 2. The molecule has 0 amide bonds. The summed E-state index contributed by atoms with van der Waals surface area (Å²) in [6.45, 7) is 3.25. The van der Waals surface area contributed by atoms with Gasteiger partial charge in [0.1, 0.15) is 17.5 Å². The van der Waals surface area contributed by atoms with Crippen molar-refractivity contribution in [2.75, 3.05) is 0 Å². The lowest BCUT2D eigenvalue weighted by Gasteiger charge is -2.45. The molecule has 25 heavy (non-hydrogen) atoms. The molecular weight excluding hydrogens is 347 g/mol. The SMILES string of the molecule is C[C@@H]1C(=O)C[C@H]2C[C@@H]1OO[C@@]2(C)C=Cc1c(F)c(F)c(F)c(F)c1F. The zero-order valence-electron chi connectivity index (χ0n) is 13.4. The van der Waals surface area contributed by atoms with Gasteiger partial charge in [0, 0.05) is 18.3 Å². The lowest BCUT2D eigenvalue weighted by atomic mass is 9.71. The molecule has 1 saturated heterocycles. The summed E-state index contributed by atoms with van der Waals surface area (Å²) < 4.78 is 67.1. The van der Waals surface area contributed by atoms with Crippen molar-refractivity contribution in [2.24, 2.45) is 11.8 Å². The van der Waals surface area contributed by atoms with E-state index in [9.17, 15) is 26.7 Å². The van der Waals surface area contributed by atoms with Gasteiger partial charge in [-0.2, -0.15) is 0 Å². The Labute approximate surface area is 140 Å². The topological polar surface area (TPSA) is 35.5 Å². The predicted octanol–water partition coefficient (Wildman–Crippen LogP) is 4.10. The van der Waals surface area contributed by atoms with Crippen LogP contribution in [0.2, 0.25) is 0 Å². The minimum Gasteiger partial charge on any atom is -0.299 e. The van der Waals surface area contributed by atoms with Crippen LogP contribution < -0.4 is 0 Å². The van der Waals surface area contributed by atoms with Crippen LogP contribution in [0, 0.1) is 40.9 Å². The third-order valence-electron chi connectivity index (χ3n) is 5.02. The van der Waals surface area contributed by atoms with Gasteiger partial charge in [0.25, 0.3) is 0 Å². The van der Waals surface area contributed by atoms with Crippen molar-refractivity contribution in [1.29, 1.82) is 0 Å². The Balaban J connectivity index is 1.94. The number of carbonyl (C=O) groups is 1. The number of ketones is 1. The Morgan fingerprint density at radius 1 is 1.04 bits per heavy atom. The van der Waals surface area contributed by atoms with Gasteiger partial charge in [-0.25, -0.2) is 31.7 Å². The first-order valence-electron chi connectivity index (χ1n) is 7.73. The molecule has 1 aromatic rings. The van der Waals surface area contributed by atoms with Gasteiger partial charge < -0.3 is 0 Å². The van der Waals surface area contributed by atoms with Crippen LogP contribution in [0.3, 0.4) is 0 Å². The van der Waals surface area contributed by atoms with Crippen LogP contribution in [0.5, 0.6) is 0 Å². The monoisotopic (exact) mass is 362 g/mol. The van der Waals surface area contributed by atoms with E-state index in [-0.39, 0.29) is 24.0 Å². The molecule has 8 heteroatoms. The van der Waals surface area contributed by atoms with Crippen molar-refractivity contribution in [1.82, 2.24) is 0 Å². The number of hydrogen-bond donors (Lipinski definition) is 0. The molecule has 3 nitrogen and oxygen atoms in total. The third kappa shape index (κ3) is 2.87. The van der Waals surface area contributed by atoms with E-state index in [4.69, 9.17) is 9.78 Å². The number of Topliss-reactive ketones (excluding diaryl/α,β-unsaturated/α-hetero) is 1. The number of fused-ring (bicyclic) bond motifs is 2. The average Bonchev–Trinajstić information content (AvgIpc) is 2.59. The van der Waals surface area contributed by atoms with Crippen LogP contribution in [0.25, 0.3) is 6.08 Å². The second-order valence-corrected chi connectivity index (χ2v) is 6.61. The molecule has 0 unspecified atom stereocenters. The minimum absolute atomic E-state index is 0.0274. The molecule has 0 aromatic heterocycles. The minimum atomic E-state index is -2.22. The molecule has 0 spiro atoms. The molecule has 1 aliphatic carbocycles. The highest BCUT2D eigenvalue weighted by molar-refractivity contribution is 5.82. The van der Waals surface area contributed by atoms with E-state index in [1.54, 1.807) is 6.92 Å². The maximum Gasteiger partial charge on any atom is 0.200 e. The van der Waals surface area contributed by atoms with Gasteiger partial charge in [0.15, 0.2) is 23.3 Å². The molecular formula is C17H15F5O3. The van der Waals surface area contributed by atoms with E-state index in [1.165, 1.54) is 6.92 Å². The molecule has 4 atom stereocenters. The van der Waals surface area contributed by atoms with E-state index in [2.05, 4.69) is 0 Å². The lowest BCUT2D eigenvalue weighted by Crippen LogP contribution is -2.52. The van der Waals surface area contributed by atoms with Gasteiger partial charge in [0.05, 0.1) is 5.56 Å². The molecule has 2 aliphatic rings. The fraction of sp³-hybridized carbons (Fsp3) is 0.471. The molecule has 1 saturated carbocycles. The highest BCUT2D eigenvalue weighted by Gasteiger charge is 2.48. The van der Waals surface area contributed by atoms with Gasteiger partial charge in [0.2, 0.25) is 5.82 Å². The highest BCUT2D eigenvalue weighted by Crippen LogP contribution is 2.43. The van der Waals surface area contributed by atoms with Gasteiger partial charge in [-0.3, -0.25) is 4.79 Å². The molecule has 2 bridgehead atoms. The van der Waals surface area contributed by atoms with Crippen molar-refractivity contribution in [2.45, 2.75) is 38.4 Å². The molecule has 2 fully saturated rings. The summed E-state index contributed by atoms with van der Waals surface area (Å²) >= 11 is 0. The lowest BCUT2D eigenvalue weighted by molar-refractivity contribution is -0.415. The molecule has 0 radical (unpaired) electrons. The Morgan fingerprint density at radius 3 is 2.20 bits per heavy atom. The third-order valence-corrected chi connectivity index (χ3v) is 5.02. The second kappa shape index (κ2) is 6.17.